The number of urea groups is 1. The second-order valence-corrected chi connectivity index (χ2v) is 6.81. The van der Waals surface area contributed by atoms with E-state index in [1.165, 1.54) is 7.11 Å². The fraction of sp³-hybridized carbons (Fsp3) is 0.190. The SMILES string of the molecule is COCC1=C(C(=O)OC)[C@H](c2ccc(F)c(F)c2)N(C(=O)Oc2ccc([N+](=O)[O-])cc2)C(=O)N1. The lowest BCUT2D eigenvalue weighted by atomic mass is 9.93. The molecule has 3 amide bonds. The van der Waals surface area contributed by atoms with E-state index in [1.54, 1.807) is 0 Å². The molecule has 13 heteroatoms. The van der Waals surface area contributed by atoms with Gasteiger partial charge in [0, 0.05) is 19.2 Å². The highest BCUT2D eigenvalue weighted by Gasteiger charge is 2.44. The Balaban J connectivity index is 2.09. The van der Waals surface area contributed by atoms with Gasteiger partial charge in [-0.2, -0.15) is 0 Å². The van der Waals surface area contributed by atoms with Gasteiger partial charge in [-0.1, -0.05) is 6.07 Å². The van der Waals surface area contributed by atoms with Crippen LogP contribution in [0.1, 0.15) is 11.6 Å². The minimum atomic E-state index is -1.58. The average molecular weight is 477 g/mol. The van der Waals surface area contributed by atoms with Crippen LogP contribution in [0.25, 0.3) is 0 Å². The van der Waals surface area contributed by atoms with Crippen molar-refractivity contribution in [1.82, 2.24) is 10.2 Å². The molecule has 1 N–H and O–H groups in total. The molecule has 0 spiro atoms. The first-order valence-corrected chi connectivity index (χ1v) is 9.49. The van der Waals surface area contributed by atoms with Gasteiger partial charge in [0.15, 0.2) is 11.6 Å². The Labute approximate surface area is 190 Å². The lowest BCUT2D eigenvalue weighted by Gasteiger charge is -2.36. The molecule has 0 fully saturated rings. The van der Waals surface area contributed by atoms with Crippen molar-refractivity contribution in [1.29, 1.82) is 0 Å². The van der Waals surface area contributed by atoms with E-state index in [9.17, 15) is 33.3 Å². The maximum atomic E-state index is 14.0. The summed E-state index contributed by atoms with van der Waals surface area (Å²) >= 11 is 0. The van der Waals surface area contributed by atoms with E-state index in [0.29, 0.717) is 4.90 Å². The third-order valence-corrected chi connectivity index (χ3v) is 4.74. The van der Waals surface area contributed by atoms with Crippen molar-refractivity contribution in [3.8, 4) is 5.75 Å². The van der Waals surface area contributed by atoms with Gasteiger partial charge in [0.25, 0.3) is 5.69 Å². The summed E-state index contributed by atoms with van der Waals surface area (Å²) in [7, 11) is 2.34. The molecule has 2 aromatic rings. The van der Waals surface area contributed by atoms with E-state index in [0.717, 1.165) is 49.6 Å². The first kappa shape index (κ1) is 24.3. The number of hydrogen-bond donors (Lipinski definition) is 1. The van der Waals surface area contributed by atoms with E-state index in [2.05, 4.69) is 5.32 Å². The molecule has 1 aliphatic rings. The molecule has 1 heterocycles. The Kier molecular flexibility index (Phi) is 7.16. The number of amides is 3. The number of ether oxygens (including phenoxy) is 3. The van der Waals surface area contributed by atoms with Gasteiger partial charge >= 0.3 is 18.1 Å². The summed E-state index contributed by atoms with van der Waals surface area (Å²) < 4.78 is 42.5. The molecule has 1 aliphatic heterocycles. The number of methoxy groups -OCH3 is 2. The lowest BCUT2D eigenvalue weighted by Crippen LogP contribution is -2.53. The largest absolute Gasteiger partial charge is 0.466 e. The van der Waals surface area contributed by atoms with Crippen LogP contribution in [-0.2, 0) is 14.3 Å². The number of esters is 1. The lowest BCUT2D eigenvalue weighted by molar-refractivity contribution is -0.384. The fourth-order valence-electron chi connectivity index (χ4n) is 3.24. The molecule has 1 atom stereocenters. The number of benzene rings is 2. The van der Waals surface area contributed by atoms with Gasteiger partial charge in [0.1, 0.15) is 11.8 Å². The Bertz CT molecular complexity index is 1180. The summed E-state index contributed by atoms with van der Waals surface area (Å²) in [4.78, 5) is 49.1. The Morgan fingerprint density at radius 3 is 2.35 bits per heavy atom. The topological polar surface area (TPSA) is 137 Å². The van der Waals surface area contributed by atoms with Gasteiger partial charge in [-0.05, 0) is 29.8 Å². The van der Waals surface area contributed by atoms with Crippen LogP contribution in [0.4, 0.5) is 24.1 Å². The van der Waals surface area contributed by atoms with E-state index in [1.807, 2.05) is 0 Å². The molecule has 0 saturated carbocycles. The minimum Gasteiger partial charge on any atom is -0.466 e. The monoisotopic (exact) mass is 477 g/mol. The van der Waals surface area contributed by atoms with Crippen LogP contribution in [0.3, 0.4) is 0 Å². The molecule has 178 valence electrons. The molecule has 2 aromatic carbocycles. The molecule has 11 nitrogen and oxygen atoms in total. The zero-order valence-corrected chi connectivity index (χ0v) is 17.7. The van der Waals surface area contributed by atoms with Gasteiger partial charge < -0.3 is 19.5 Å². The van der Waals surface area contributed by atoms with E-state index < -0.39 is 40.7 Å². The second kappa shape index (κ2) is 10.0. The van der Waals surface area contributed by atoms with Crippen LogP contribution >= 0.6 is 0 Å². The number of halogens is 2. The van der Waals surface area contributed by atoms with Gasteiger partial charge in [-0.3, -0.25) is 10.1 Å². The molecule has 0 unspecified atom stereocenters. The van der Waals surface area contributed by atoms with Gasteiger partial charge in [-0.15, -0.1) is 0 Å². The van der Waals surface area contributed by atoms with Crippen molar-refractivity contribution < 1.29 is 42.3 Å². The van der Waals surface area contributed by atoms with Gasteiger partial charge in [0.2, 0.25) is 0 Å². The Morgan fingerprint density at radius 1 is 1.12 bits per heavy atom. The van der Waals surface area contributed by atoms with Crippen molar-refractivity contribution in [3.63, 3.8) is 0 Å². The number of hydrogen-bond acceptors (Lipinski definition) is 8. The number of carbonyl (C=O) groups excluding carboxylic acids is 3. The summed E-state index contributed by atoms with van der Waals surface area (Å²) in [6.07, 6.45) is -1.31. The molecule has 0 saturated heterocycles. The number of nitrogens with one attached hydrogen (secondary N) is 1. The van der Waals surface area contributed by atoms with Crippen molar-refractivity contribution in [3.05, 3.63) is 81.0 Å². The van der Waals surface area contributed by atoms with E-state index in [-0.39, 0.29) is 34.9 Å². The number of carbonyl (C=O) groups is 3. The van der Waals surface area contributed by atoms with Crippen molar-refractivity contribution >= 4 is 23.8 Å². The summed E-state index contributed by atoms with van der Waals surface area (Å²) in [5.74, 6) is -3.61. The van der Waals surface area contributed by atoms with Crippen LogP contribution < -0.4 is 10.1 Å². The van der Waals surface area contributed by atoms with E-state index >= 15 is 0 Å². The van der Waals surface area contributed by atoms with Crippen LogP contribution in [0.2, 0.25) is 0 Å². The third-order valence-electron chi connectivity index (χ3n) is 4.74. The molecule has 0 aromatic heterocycles. The smallest absolute Gasteiger partial charge is 0.424 e. The highest BCUT2D eigenvalue weighted by atomic mass is 19.2. The van der Waals surface area contributed by atoms with Crippen molar-refractivity contribution in [2.75, 3.05) is 20.8 Å². The number of imide groups is 1. The first-order chi connectivity index (χ1) is 16.2. The van der Waals surface area contributed by atoms with E-state index in [4.69, 9.17) is 14.2 Å². The number of rotatable bonds is 6. The quantitative estimate of drug-likeness (QED) is 0.380. The first-order valence-electron chi connectivity index (χ1n) is 9.49. The number of non-ortho nitro benzene ring substituents is 1. The fourth-order valence-corrected chi connectivity index (χ4v) is 3.24. The Morgan fingerprint density at radius 2 is 1.79 bits per heavy atom. The molecule has 0 bridgehead atoms. The Hall–Kier alpha value is -4.39. The zero-order chi connectivity index (χ0) is 25.0. The average Bonchev–Trinajstić information content (AvgIpc) is 2.80. The molecule has 3 rings (SSSR count). The van der Waals surface area contributed by atoms with Crippen LogP contribution in [0.15, 0.2) is 53.7 Å². The van der Waals surface area contributed by atoms with Crippen LogP contribution in [0, 0.1) is 21.7 Å². The zero-order valence-electron chi connectivity index (χ0n) is 17.7. The predicted molar refractivity (Wildman–Crippen MR) is 110 cm³/mol. The highest BCUT2D eigenvalue weighted by Crippen LogP contribution is 2.36. The standard InChI is InChI=1S/C21H17F2N3O8/c1-32-10-16-17(19(27)33-2)18(11-3-8-14(22)15(23)9-11)25(20(28)24-16)21(29)34-13-6-4-12(5-7-13)26(30)31/h3-9,18H,10H2,1-2H3,(H,24,28)/t18-/m0/s1. The third kappa shape index (κ3) is 4.83. The van der Waals surface area contributed by atoms with Crippen LogP contribution in [-0.4, -0.2) is 48.7 Å². The molecule has 0 aliphatic carbocycles. The second-order valence-electron chi connectivity index (χ2n) is 6.81. The predicted octanol–water partition coefficient (Wildman–Crippen LogP) is 3.21. The maximum absolute atomic E-state index is 14.0. The van der Waals surface area contributed by atoms with Gasteiger partial charge in [0.05, 0.1) is 29.9 Å². The summed E-state index contributed by atoms with van der Waals surface area (Å²) in [5.41, 5.74) is -0.747. The minimum absolute atomic E-state index is 0.0616. The summed E-state index contributed by atoms with van der Waals surface area (Å²) in [6.45, 7) is -0.276. The molecular formula is C21H17F2N3O8. The number of nitrogens with zero attached hydrogens (tertiary/aromatic N) is 2. The summed E-state index contributed by atoms with van der Waals surface area (Å²) in [6, 6.07) is 4.33. The van der Waals surface area contributed by atoms with Crippen molar-refractivity contribution in [2.24, 2.45) is 0 Å². The van der Waals surface area contributed by atoms with Gasteiger partial charge in [-0.25, -0.2) is 28.1 Å². The normalized spacial score (nSPS) is 15.6. The van der Waals surface area contributed by atoms with Crippen LogP contribution in [0.5, 0.6) is 5.75 Å². The molecular weight excluding hydrogens is 460 g/mol. The maximum Gasteiger partial charge on any atom is 0.424 e. The number of nitro benzene ring substituents is 1. The molecule has 34 heavy (non-hydrogen) atoms. The number of nitro groups is 1. The molecule has 0 radical (unpaired) electrons. The van der Waals surface area contributed by atoms with Crippen molar-refractivity contribution in [2.45, 2.75) is 6.04 Å². The highest BCUT2D eigenvalue weighted by molar-refractivity contribution is 6.01. The summed E-state index contributed by atoms with van der Waals surface area (Å²) in [5, 5.41) is 13.1.